The van der Waals surface area contributed by atoms with E-state index in [1.54, 1.807) is 0 Å². The maximum Gasteiger partial charge on any atom is 0.224 e. The third-order valence-corrected chi connectivity index (χ3v) is 2.84. The van der Waals surface area contributed by atoms with Gasteiger partial charge in [0.1, 0.15) is 11.6 Å². The number of hydrogen-bond donors (Lipinski definition) is 2. The number of benzene rings is 2. The van der Waals surface area contributed by atoms with Crippen LogP contribution >= 0.6 is 0 Å². The van der Waals surface area contributed by atoms with Crippen molar-refractivity contribution in [2.75, 3.05) is 17.7 Å². The Balaban J connectivity index is 1.71. The normalized spacial score (nSPS) is 10.1. The topological polar surface area (TPSA) is 64.3 Å². The average molecular weight is 288 g/mol. The second-order valence-corrected chi connectivity index (χ2v) is 4.55. The molecule has 1 amide bonds. The van der Waals surface area contributed by atoms with Gasteiger partial charge in [0.2, 0.25) is 5.91 Å². The molecule has 0 bridgehead atoms. The molecule has 3 N–H and O–H groups in total. The molecule has 0 aliphatic carbocycles. The number of nitrogens with two attached hydrogens (primary N) is 1. The highest BCUT2D eigenvalue weighted by Gasteiger charge is 2.05. The number of halogens is 1. The van der Waals surface area contributed by atoms with Crippen molar-refractivity contribution in [1.82, 2.24) is 0 Å². The van der Waals surface area contributed by atoms with E-state index in [0.717, 1.165) is 5.75 Å². The lowest BCUT2D eigenvalue weighted by atomic mass is 10.2. The number of rotatable bonds is 6. The lowest BCUT2D eigenvalue weighted by Gasteiger charge is -2.07. The molecule has 0 saturated heterocycles. The highest BCUT2D eigenvalue weighted by molar-refractivity contribution is 5.91. The summed E-state index contributed by atoms with van der Waals surface area (Å²) < 4.78 is 18.5. The van der Waals surface area contributed by atoms with E-state index in [1.807, 2.05) is 30.3 Å². The van der Waals surface area contributed by atoms with E-state index < -0.39 is 5.82 Å². The predicted molar refractivity (Wildman–Crippen MR) is 80.6 cm³/mol. The largest absolute Gasteiger partial charge is 0.494 e. The number of nitrogens with one attached hydrogen (secondary N) is 1. The SMILES string of the molecule is Nc1cc(NC(=O)CCCOc2ccccc2)ccc1F. The molecule has 0 radical (unpaired) electrons. The van der Waals surface area contributed by atoms with E-state index in [2.05, 4.69) is 5.32 Å². The van der Waals surface area contributed by atoms with Crippen molar-refractivity contribution < 1.29 is 13.9 Å². The van der Waals surface area contributed by atoms with Gasteiger partial charge in [0.05, 0.1) is 12.3 Å². The number of amides is 1. The fraction of sp³-hybridized carbons (Fsp3) is 0.188. The second-order valence-electron chi connectivity index (χ2n) is 4.55. The number of para-hydroxylation sites is 1. The molecule has 0 unspecified atom stereocenters. The lowest BCUT2D eigenvalue weighted by Crippen LogP contribution is -2.13. The van der Waals surface area contributed by atoms with Crippen LogP contribution in [0.3, 0.4) is 0 Å². The van der Waals surface area contributed by atoms with Crippen LogP contribution in [0.15, 0.2) is 48.5 Å². The Labute approximate surface area is 122 Å². The first kappa shape index (κ1) is 14.8. The predicted octanol–water partition coefficient (Wildman–Crippen LogP) is 3.21. The van der Waals surface area contributed by atoms with Gasteiger partial charge >= 0.3 is 0 Å². The minimum atomic E-state index is -0.496. The summed E-state index contributed by atoms with van der Waals surface area (Å²) in [5.74, 6) is 0.131. The average Bonchev–Trinajstić information content (AvgIpc) is 2.49. The van der Waals surface area contributed by atoms with Gasteiger partial charge in [0.25, 0.3) is 0 Å². The fourth-order valence-corrected chi connectivity index (χ4v) is 1.78. The molecule has 0 spiro atoms. The molecule has 2 rings (SSSR count). The zero-order valence-electron chi connectivity index (χ0n) is 11.5. The number of carbonyl (C=O) groups is 1. The second kappa shape index (κ2) is 7.28. The van der Waals surface area contributed by atoms with Gasteiger partial charge in [0.15, 0.2) is 0 Å². The van der Waals surface area contributed by atoms with Crippen LogP contribution < -0.4 is 15.8 Å². The molecule has 0 fully saturated rings. The van der Waals surface area contributed by atoms with Crippen molar-refractivity contribution in [3.8, 4) is 5.75 Å². The first-order valence-corrected chi connectivity index (χ1v) is 6.68. The van der Waals surface area contributed by atoms with Crippen molar-refractivity contribution in [3.05, 3.63) is 54.3 Å². The molecular weight excluding hydrogens is 271 g/mol. The summed E-state index contributed by atoms with van der Waals surface area (Å²) in [4.78, 5) is 11.7. The molecule has 0 aromatic heterocycles. The van der Waals surface area contributed by atoms with Gasteiger partial charge in [-0.1, -0.05) is 18.2 Å². The molecule has 0 heterocycles. The van der Waals surface area contributed by atoms with Crippen LogP contribution in [0.1, 0.15) is 12.8 Å². The van der Waals surface area contributed by atoms with Gasteiger partial charge in [-0.3, -0.25) is 4.79 Å². The summed E-state index contributed by atoms with van der Waals surface area (Å²) in [5.41, 5.74) is 5.94. The lowest BCUT2D eigenvalue weighted by molar-refractivity contribution is -0.116. The summed E-state index contributed by atoms with van der Waals surface area (Å²) in [7, 11) is 0. The molecular formula is C16H17FN2O2. The molecule has 0 aliphatic rings. The van der Waals surface area contributed by atoms with Crippen LogP contribution in [0.5, 0.6) is 5.75 Å². The van der Waals surface area contributed by atoms with Crippen molar-refractivity contribution >= 4 is 17.3 Å². The summed E-state index contributed by atoms with van der Waals surface area (Å²) >= 11 is 0. The smallest absolute Gasteiger partial charge is 0.224 e. The van der Waals surface area contributed by atoms with Gasteiger partial charge in [0, 0.05) is 12.1 Å². The minimum Gasteiger partial charge on any atom is -0.494 e. The Bertz CT molecular complexity index is 602. The zero-order chi connectivity index (χ0) is 15.1. The minimum absolute atomic E-state index is 0.0141. The Kier molecular flexibility index (Phi) is 5.15. The molecule has 0 aliphatic heterocycles. The van der Waals surface area contributed by atoms with Crippen LogP contribution in [0.4, 0.5) is 15.8 Å². The van der Waals surface area contributed by atoms with Gasteiger partial charge in [-0.15, -0.1) is 0 Å². The van der Waals surface area contributed by atoms with Gasteiger partial charge in [-0.05, 0) is 36.8 Å². The maximum atomic E-state index is 13.0. The first-order valence-electron chi connectivity index (χ1n) is 6.68. The monoisotopic (exact) mass is 288 g/mol. The summed E-state index contributed by atoms with van der Waals surface area (Å²) in [5, 5.41) is 2.67. The number of carbonyl (C=O) groups excluding carboxylic acids is 1. The molecule has 21 heavy (non-hydrogen) atoms. The van der Waals surface area contributed by atoms with Gasteiger partial charge in [-0.2, -0.15) is 0 Å². The van der Waals surface area contributed by atoms with E-state index >= 15 is 0 Å². The molecule has 0 saturated carbocycles. The molecule has 0 atom stereocenters. The maximum absolute atomic E-state index is 13.0. The van der Waals surface area contributed by atoms with E-state index in [-0.39, 0.29) is 11.6 Å². The third-order valence-electron chi connectivity index (χ3n) is 2.84. The standard InChI is InChI=1S/C16H17FN2O2/c17-14-9-8-12(11-15(14)18)19-16(20)7-4-10-21-13-5-2-1-3-6-13/h1-3,5-6,8-9,11H,4,7,10,18H2,(H,19,20). The molecule has 4 nitrogen and oxygen atoms in total. The van der Waals surface area contributed by atoms with E-state index in [0.29, 0.717) is 25.1 Å². The summed E-state index contributed by atoms with van der Waals surface area (Å²) in [6.07, 6.45) is 0.918. The Morgan fingerprint density at radius 2 is 1.95 bits per heavy atom. The van der Waals surface area contributed by atoms with Crippen LogP contribution in [0.25, 0.3) is 0 Å². The van der Waals surface area contributed by atoms with E-state index in [9.17, 15) is 9.18 Å². The molecule has 2 aromatic carbocycles. The number of anilines is 2. The van der Waals surface area contributed by atoms with Gasteiger partial charge < -0.3 is 15.8 Å². The molecule has 2 aromatic rings. The molecule has 5 heteroatoms. The molecule has 110 valence electrons. The van der Waals surface area contributed by atoms with Crippen LogP contribution in [-0.4, -0.2) is 12.5 Å². The van der Waals surface area contributed by atoms with Crippen LogP contribution in [0, 0.1) is 5.82 Å². The van der Waals surface area contributed by atoms with Crippen molar-refractivity contribution in [1.29, 1.82) is 0 Å². The highest BCUT2D eigenvalue weighted by Crippen LogP contribution is 2.16. The third kappa shape index (κ3) is 4.80. The quantitative estimate of drug-likeness (QED) is 0.633. The highest BCUT2D eigenvalue weighted by atomic mass is 19.1. The fourth-order valence-electron chi connectivity index (χ4n) is 1.78. The van der Waals surface area contributed by atoms with E-state index in [1.165, 1.54) is 18.2 Å². The summed E-state index contributed by atoms with van der Waals surface area (Å²) in [6, 6.07) is 13.5. The number of ether oxygens (including phenoxy) is 1. The Hall–Kier alpha value is -2.56. The number of hydrogen-bond acceptors (Lipinski definition) is 3. The first-order chi connectivity index (χ1) is 10.1. The summed E-state index contributed by atoms with van der Waals surface area (Å²) in [6.45, 7) is 0.461. The van der Waals surface area contributed by atoms with Crippen molar-refractivity contribution in [2.45, 2.75) is 12.8 Å². The van der Waals surface area contributed by atoms with Gasteiger partial charge in [-0.25, -0.2) is 4.39 Å². The van der Waals surface area contributed by atoms with Crippen LogP contribution in [-0.2, 0) is 4.79 Å². The van der Waals surface area contributed by atoms with Crippen molar-refractivity contribution in [3.63, 3.8) is 0 Å². The Morgan fingerprint density at radius 3 is 2.67 bits per heavy atom. The van der Waals surface area contributed by atoms with E-state index in [4.69, 9.17) is 10.5 Å². The number of nitrogen functional groups attached to an aromatic ring is 1. The van der Waals surface area contributed by atoms with Crippen molar-refractivity contribution in [2.24, 2.45) is 0 Å². The Morgan fingerprint density at radius 1 is 1.19 bits per heavy atom. The van der Waals surface area contributed by atoms with Crippen LogP contribution in [0.2, 0.25) is 0 Å². The zero-order valence-corrected chi connectivity index (χ0v) is 11.5.